The molecule has 0 radical (unpaired) electrons. The van der Waals surface area contributed by atoms with E-state index in [4.69, 9.17) is 0 Å². The Hall–Kier alpha value is -2.22. The van der Waals surface area contributed by atoms with Crippen LogP contribution in [0.2, 0.25) is 0 Å². The first kappa shape index (κ1) is 9.97. The van der Waals surface area contributed by atoms with Crippen LogP contribution in [0.25, 0.3) is 10.8 Å². The topological polar surface area (TPSA) is 25.8 Å². The summed E-state index contributed by atoms with van der Waals surface area (Å²) < 4.78 is 0. The maximum atomic E-state index is 4.46. The Morgan fingerprint density at radius 3 is 2.53 bits per heavy atom. The molecule has 1 aromatic carbocycles. The van der Waals surface area contributed by atoms with Crippen LogP contribution in [0.3, 0.4) is 0 Å². The zero-order chi connectivity index (χ0) is 11.5. The van der Waals surface area contributed by atoms with Crippen molar-refractivity contribution in [3.8, 4) is 0 Å². The second-order valence-electron chi connectivity index (χ2n) is 3.98. The average Bonchev–Trinajstić information content (AvgIpc) is 2.40. The van der Waals surface area contributed by atoms with Crippen molar-refractivity contribution in [2.24, 2.45) is 0 Å². The molecule has 0 atom stereocenters. The molecule has 0 fully saturated rings. The van der Waals surface area contributed by atoms with Gasteiger partial charge in [0.1, 0.15) is 0 Å². The van der Waals surface area contributed by atoms with Crippen LogP contribution in [0.15, 0.2) is 60.9 Å². The average molecular weight is 220 g/mol. The Bertz CT molecular complexity index is 627. The fraction of sp³-hybridized carbons (Fsp3) is 0.0667. The van der Waals surface area contributed by atoms with E-state index >= 15 is 0 Å². The molecule has 2 heteroatoms. The first-order valence-corrected chi connectivity index (χ1v) is 5.66. The fourth-order valence-corrected chi connectivity index (χ4v) is 2.00. The third-order valence-corrected chi connectivity index (χ3v) is 2.83. The highest BCUT2D eigenvalue weighted by Crippen LogP contribution is 2.18. The summed E-state index contributed by atoms with van der Waals surface area (Å²) in [5.74, 6) is 0. The zero-order valence-electron chi connectivity index (χ0n) is 9.38. The van der Waals surface area contributed by atoms with E-state index in [1.54, 1.807) is 0 Å². The monoisotopic (exact) mass is 220 g/mol. The Morgan fingerprint density at radius 1 is 0.765 bits per heavy atom. The lowest BCUT2D eigenvalue weighted by molar-refractivity contribution is 1.03. The number of pyridine rings is 2. The van der Waals surface area contributed by atoms with Crippen molar-refractivity contribution in [3.05, 3.63) is 72.3 Å². The molecular weight excluding hydrogens is 208 g/mol. The molecule has 0 saturated carbocycles. The van der Waals surface area contributed by atoms with Gasteiger partial charge in [0.15, 0.2) is 0 Å². The summed E-state index contributed by atoms with van der Waals surface area (Å²) >= 11 is 0. The Labute approximate surface area is 100.0 Å². The van der Waals surface area contributed by atoms with Crippen LogP contribution in [-0.4, -0.2) is 9.97 Å². The first-order chi connectivity index (χ1) is 8.43. The van der Waals surface area contributed by atoms with Gasteiger partial charge in [-0.05, 0) is 23.6 Å². The van der Waals surface area contributed by atoms with Gasteiger partial charge in [0.25, 0.3) is 0 Å². The lowest BCUT2D eigenvalue weighted by Gasteiger charge is -2.04. The van der Waals surface area contributed by atoms with Gasteiger partial charge in [0, 0.05) is 29.9 Å². The lowest BCUT2D eigenvalue weighted by Crippen LogP contribution is -1.95. The van der Waals surface area contributed by atoms with E-state index in [1.165, 1.54) is 10.8 Å². The lowest BCUT2D eigenvalue weighted by atomic mass is 10.1. The highest BCUT2D eigenvalue weighted by atomic mass is 14.7. The predicted octanol–water partition coefficient (Wildman–Crippen LogP) is 3.22. The first-order valence-electron chi connectivity index (χ1n) is 5.66. The summed E-state index contributed by atoms with van der Waals surface area (Å²) in [6.45, 7) is 0. The van der Waals surface area contributed by atoms with Gasteiger partial charge in [-0.3, -0.25) is 9.97 Å². The van der Waals surface area contributed by atoms with Crippen molar-refractivity contribution in [1.82, 2.24) is 9.97 Å². The molecule has 2 aromatic heterocycles. The van der Waals surface area contributed by atoms with Crippen LogP contribution in [0, 0.1) is 0 Å². The Kier molecular flexibility index (Phi) is 2.54. The molecule has 17 heavy (non-hydrogen) atoms. The highest BCUT2D eigenvalue weighted by molar-refractivity contribution is 5.84. The summed E-state index contributed by atoms with van der Waals surface area (Å²) in [6, 6.07) is 16.3. The van der Waals surface area contributed by atoms with Gasteiger partial charge in [-0.2, -0.15) is 0 Å². The van der Waals surface area contributed by atoms with E-state index in [-0.39, 0.29) is 0 Å². The molecule has 0 saturated heterocycles. The van der Waals surface area contributed by atoms with E-state index in [0.29, 0.717) is 0 Å². The third kappa shape index (κ3) is 2.02. The highest BCUT2D eigenvalue weighted by Gasteiger charge is 2.03. The Morgan fingerprint density at radius 2 is 1.65 bits per heavy atom. The van der Waals surface area contributed by atoms with Gasteiger partial charge in [-0.25, -0.2) is 0 Å². The fourth-order valence-electron chi connectivity index (χ4n) is 2.00. The summed E-state index contributed by atoms with van der Waals surface area (Å²) in [4.78, 5) is 8.80. The molecule has 0 aliphatic carbocycles. The molecule has 2 nitrogen and oxygen atoms in total. The van der Waals surface area contributed by atoms with Crippen LogP contribution < -0.4 is 0 Å². The third-order valence-electron chi connectivity index (χ3n) is 2.83. The number of hydrogen-bond donors (Lipinski definition) is 0. The van der Waals surface area contributed by atoms with Gasteiger partial charge in [-0.15, -0.1) is 0 Å². The molecule has 3 aromatic rings. The Balaban J connectivity index is 2.06. The van der Waals surface area contributed by atoms with Crippen LogP contribution in [0.5, 0.6) is 0 Å². The molecule has 0 amide bonds. The molecule has 0 aliphatic heterocycles. The van der Waals surface area contributed by atoms with Crippen molar-refractivity contribution in [2.75, 3.05) is 0 Å². The van der Waals surface area contributed by atoms with Crippen LogP contribution >= 0.6 is 0 Å². The van der Waals surface area contributed by atoms with Gasteiger partial charge < -0.3 is 0 Å². The van der Waals surface area contributed by atoms with Gasteiger partial charge in [0.05, 0.1) is 5.69 Å². The number of aromatic nitrogens is 2. The van der Waals surface area contributed by atoms with E-state index in [2.05, 4.69) is 22.1 Å². The molecular formula is C15H12N2. The predicted molar refractivity (Wildman–Crippen MR) is 68.8 cm³/mol. The minimum Gasteiger partial charge on any atom is -0.261 e. The number of benzene rings is 1. The van der Waals surface area contributed by atoms with Crippen molar-refractivity contribution < 1.29 is 0 Å². The molecule has 82 valence electrons. The quantitative estimate of drug-likeness (QED) is 0.662. The maximum absolute atomic E-state index is 4.46. The van der Waals surface area contributed by atoms with E-state index < -0.39 is 0 Å². The molecule has 0 bridgehead atoms. The van der Waals surface area contributed by atoms with Crippen molar-refractivity contribution in [1.29, 1.82) is 0 Å². The summed E-state index contributed by atoms with van der Waals surface area (Å²) in [7, 11) is 0. The minimum absolute atomic E-state index is 0.780. The number of fused-ring (bicyclic) bond motifs is 1. The van der Waals surface area contributed by atoms with Crippen molar-refractivity contribution in [3.63, 3.8) is 0 Å². The molecule has 0 spiro atoms. The van der Waals surface area contributed by atoms with Crippen molar-refractivity contribution >= 4 is 10.8 Å². The molecule has 0 unspecified atom stereocenters. The van der Waals surface area contributed by atoms with Gasteiger partial charge >= 0.3 is 0 Å². The van der Waals surface area contributed by atoms with E-state index in [9.17, 15) is 0 Å². The number of rotatable bonds is 2. The summed E-state index contributed by atoms with van der Waals surface area (Å²) in [5.41, 5.74) is 2.14. The SMILES string of the molecule is c1ccc(Cc2nccc3ccccc23)nc1. The minimum atomic E-state index is 0.780. The smallest absolute Gasteiger partial charge is 0.0541 e. The summed E-state index contributed by atoms with van der Waals surface area (Å²) in [5, 5.41) is 2.44. The van der Waals surface area contributed by atoms with Crippen LogP contribution in [0.1, 0.15) is 11.4 Å². The summed E-state index contributed by atoms with van der Waals surface area (Å²) in [6.07, 6.45) is 4.46. The second-order valence-corrected chi connectivity index (χ2v) is 3.98. The van der Waals surface area contributed by atoms with E-state index in [1.807, 2.05) is 48.8 Å². The van der Waals surface area contributed by atoms with Gasteiger partial charge in [-0.1, -0.05) is 30.3 Å². The van der Waals surface area contributed by atoms with Crippen LogP contribution in [0.4, 0.5) is 0 Å². The largest absolute Gasteiger partial charge is 0.261 e. The second kappa shape index (κ2) is 4.34. The van der Waals surface area contributed by atoms with Crippen LogP contribution in [-0.2, 0) is 6.42 Å². The normalized spacial score (nSPS) is 10.6. The number of nitrogens with zero attached hydrogens (tertiary/aromatic N) is 2. The molecule has 3 rings (SSSR count). The molecule has 2 heterocycles. The zero-order valence-corrected chi connectivity index (χ0v) is 9.38. The molecule has 0 N–H and O–H groups in total. The van der Waals surface area contributed by atoms with E-state index in [0.717, 1.165) is 17.8 Å². The van der Waals surface area contributed by atoms with Crippen molar-refractivity contribution in [2.45, 2.75) is 6.42 Å². The maximum Gasteiger partial charge on any atom is 0.0541 e. The number of hydrogen-bond acceptors (Lipinski definition) is 2. The standard InChI is InChI=1S/C15H12N2/c1-2-7-14-12(5-1)8-10-17-15(14)11-13-6-3-4-9-16-13/h1-10H,11H2. The van der Waals surface area contributed by atoms with Gasteiger partial charge in [0.2, 0.25) is 0 Å². The molecule has 0 aliphatic rings.